The van der Waals surface area contributed by atoms with Crippen molar-refractivity contribution < 1.29 is 0 Å². The molecule has 0 radical (unpaired) electrons. The number of aromatic nitrogens is 2. The van der Waals surface area contributed by atoms with Gasteiger partial charge >= 0.3 is 0 Å². The van der Waals surface area contributed by atoms with E-state index < -0.39 is 0 Å². The van der Waals surface area contributed by atoms with E-state index in [1.807, 2.05) is 39.1 Å². The zero-order valence-electron chi connectivity index (χ0n) is 8.28. The van der Waals surface area contributed by atoms with Gasteiger partial charge in [0, 0.05) is 6.20 Å². The molecular formula is C10H15N3. The number of hydrogen-bond acceptors (Lipinski definition) is 2. The van der Waals surface area contributed by atoms with Crippen molar-refractivity contribution in [2.24, 2.45) is 0 Å². The molecule has 2 rings (SSSR count). The summed E-state index contributed by atoms with van der Waals surface area (Å²) in [4.78, 5) is 0. The van der Waals surface area contributed by atoms with Crippen molar-refractivity contribution in [3.05, 3.63) is 30.1 Å². The number of nitrogens with two attached hydrogens (primary N) is 1. The lowest BCUT2D eigenvalue weighted by atomic mass is 10.2. The molecule has 0 aliphatic carbocycles. The second-order valence-corrected chi connectivity index (χ2v) is 2.61. The lowest BCUT2D eigenvalue weighted by Gasteiger charge is -1.99. The van der Waals surface area contributed by atoms with Gasteiger partial charge in [0.05, 0.1) is 17.4 Å². The van der Waals surface area contributed by atoms with Crippen LogP contribution in [-0.2, 0) is 0 Å². The summed E-state index contributed by atoms with van der Waals surface area (Å²) in [5.74, 6) is 0. The largest absolute Gasteiger partial charge is 0.397 e. The van der Waals surface area contributed by atoms with E-state index in [4.69, 9.17) is 5.73 Å². The van der Waals surface area contributed by atoms with Crippen molar-refractivity contribution in [2.75, 3.05) is 5.73 Å². The highest BCUT2D eigenvalue weighted by Gasteiger charge is 1.96. The quantitative estimate of drug-likeness (QED) is 0.670. The Bertz CT molecular complexity index is 354. The zero-order valence-corrected chi connectivity index (χ0v) is 8.28. The smallest absolute Gasteiger partial charge is 0.0665 e. The van der Waals surface area contributed by atoms with Crippen molar-refractivity contribution in [3.63, 3.8) is 0 Å². The highest BCUT2D eigenvalue weighted by Crippen LogP contribution is 2.12. The number of nitrogen functional groups attached to an aromatic ring is 1. The van der Waals surface area contributed by atoms with Gasteiger partial charge in [0.1, 0.15) is 0 Å². The monoisotopic (exact) mass is 177 g/mol. The van der Waals surface area contributed by atoms with Crippen molar-refractivity contribution in [2.45, 2.75) is 20.8 Å². The Kier molecular flexibility index (Phi) is 2.90. The van der Waals surface area contributed by atoms with Gasteiger partial charge in [-0.15, -0.1) is 0 Å². The van der Waals surface area contributed by atoms with Gasteiger partial charge in [-0.25, -0.2) is 4.52 Å². The SMILES string of the molecule is CC.Cc1cc2ccnn2cc1N. The Hall–Kier alpha value is -1.51. The van der Waals surface area contributed by atoms with Crippen molar-refractivity contribution in [1.82, 2.24) is 9.61 Å². The molecule has 13 heavy (non-hydrogen) atoms. The van der Waals surface area contributed by atoms with Crippen molar-refractivity contribution in [3.8, 4) is 0 Å². The van der Waals surface area contributed by atoms with Gasteiger partial charge in [0.15, 0.2) is 0 Å². The minimum atomic E-state index is 0.779. The van der Waals surface area contributed by atoms with Gasteiger partial charge in [-0.2, -0.15) is 5.10 Å². The summed E-state index contributed by atoms with van der Waals surface area (Å²) in [5.41, 5.74) is 8.64. The van der Waals surface area contributed by atoms with Crippen LogP contribution in [0.15, 0.2) is 24.5 Å². The summed E-state index contributed by atoms with van der Waals surface area (Å²) in [5, 5.41) is 4.06. The van der Waals surface area contributed by atoms with E-state index in [2.05, 4.69) is 5.10 Å². The van der Waals surface area contributed by atoms with Crippen molar-refractivity contribution in [1.29, 1.82) is 0 Å². The lowest BCUT2D eigenvalue weighted by Crippen LogP contribution is -1.94. The third kappa shape index (κ3) is 1.80. The molecule has 0 atom stereocenters. The molecule has 0 fully saturated rings. The number of anilines is 1. The van der Waals surface area contributed by atoms with Crippen LogP contribution in [0.3, 0.4) is 0 Å². The van der Waals surface area contributed by atoms with E-state index in [1.54, 1.807) is 10.7 Å². The molecular weight excluding hydrogens is 162 g/mol. The molecule has 3 nitrogen and oxygen atoms in total. The molecule has 3 heteroatoms. The Morgan fingerprint density at radius 1 is 1.38 bits per heavy atom. The van der Waals surface area contributed by atoms with Crippen LogP contribution in [0.25, 0.3) is 5.52 Å². The van der Waals surface area contributed by atoms with E-state index in [0.717, 1.165) is 16.8 Å². The molecule has 70 valence electrons. The highest BCUT2D eigenvalue weighted by atomic mass is 15.2. The van der Waals surface area contributed by atoms with Gasteiger partial charge in [-0.3, -0.25) is 0 Å². The maximum Gasteiger partial charge on any atom is 0.0665 e. The molecule has 2 aromatic rings. The predicted molar refractivity (Wildman–Crippen MR) is 55.7 cm³/mol. The standard InChI is InChI=1S/C8H9N3.C2H6/c1-6-4-7-2-3-10-11(7)5-8(6)9;1-2/h2-5H,9H2,1H3;1-2H3. The number of rotatable bonds is 0. The van der Waals surface area contributed by atoms with Crippen molar-refractivity contribution >= 4 is 11.2 Å². The highest BCUT2D eigenvalue weighted by molar-refractivity contribution is 5.56. The molecule has 0 aliphatic heterocycles. The van der Waals surface area contributed by atoms with Crippen LogP contribution in [0.5, 0.6) is 0 Å². The molecule has 0 aliphatic rings. The fourth-order valence-electron chi connectivity index (χ4n) is 1.09. The topological polar surface area (TPSA) is 43.3 Å². The Morgan fingerprint density at radius 2 is 2.08 bits per heavy atom. The maximum absolute atomic E-state index is 5.68. The van der Waals surface area contributed by atoms with Gasteiger partial charge < -0.3 is 5.73 Å². The summed E-state index contributed by atoms with van der Waals surface area (Å²) < 4.78 is 1.77. The average Bonchev–Trinajstić information content (AvgIpc) is 2.56. The van der Waals surface area contributed by atoms with E-state index in [0.29, 0.717) is 0 Å². The third-order valence-electron chi connectivity index (χ3n) is 1.78. The third-order valence-corrected chi connectivity index (χ3v) is 1.78. The molecule has 0 saturated heterocycles. The van der Waals surface area contributed by atoms with E-state index in [9.17, 15) is 0 Å². The lowest BCUT2D eigenvalue weighted by molar-refractivity contribution is 0.960. The van der Waals surface area contributed by atoms with Crippen LogP contribution in [0.4, 0.5) is 5.69 Å². The number of pyridine rings is 1. The van der Waals surface area contributed by atoms with Crippen LogP contribution in [0, 0.1) is 6.92 Å². The van der Waals surface area contributed by atoms with Gasteiger partial charge in [0.25, 0.3) is 0 Å². The average molecular weight is 177 g/mol. The number of fused-ring (bicyclic) bond motifs is 1. The molecule has 2 heterocycles. The summed E-state index contributed by atoms with van der Waals surface area (Å²) in [7, 11) is 0. The fraction of sp³-hybridized carbons (Fsp3) is 0.300. The minimum Gasteiger partial charge on any atom is -0.397 e. The Morgan fingerprint density at radius 3 is 2.77 bits per heavy atom. The molecule has 0 amide bonds. The van der Waals surface area contributed by atoms with Gasteiger partial charge in [-0.05, 0) is 24.6 Å². The number of hydrogen-bond donors (Lipinski definition) is 1. The first kappa shape index (κ1) is 9.58. The van der Waals surface area contributed by atoms with Crippen LogP contribution in [0.1, 0.15) is 19.4 Å². The second kappa shape index (κ2) is 3.94. The van der Waals surface area contributed by atoms with E-state index in [1.165, 1.54) is 0 Å². The summed E-state index contributed by atoms with van der Waals surface area (Å²) in [6, 6.07) is 3.97. The van der Waals surface area contributed by atoms with E-state index in [-0.39, 0.29) is 0 Å². The van der Waals surface area contributed by atoms with Crippen LogP contribution in [0.2, 0.25) is 0 Å². The van der Waals surface area contributed by atoms with Gasteiger partial charge in [0.2, 0.25) is 0 Å². The molecule has 2 aromatic heterocycles. The predicted octanol–water partition coefficient (Wildman–Crippen LogP) is 2.25. The maximum atomic E-state index is 5.68. The normalized spacial score (nSPS) is 9.46. The Labute approximate surface area is 78.2 Å². The first-order valence-electron chi connectivity index (χ1n) is 4.47. The molecule has 0 unspecified atom stereocenters. The summed E-state index contributed by atoms with van der Waals surface area (Å²) in [6.07, 6.45) is 3.58. The number of nitrogens with zero attached hydrogens (tertiary/aromatic N) is 2. The minimum absolute atomic E-state index is 0.779. The molecule has 0 saturated carbocycles. The molecule has 0 aromatic carbocycles. The Balaban J connectivity index is 0.000000396. The molecule has 2 N–H and O–H groups in total. The first-order valence-corrected chi connectivity index (χ1v) is 4.47. The van der Waals surface area contributed by atoms with Gasteiger partial charge in [-0.1, -0.05) is 13.8 Å². The number of aryl methyl sites for hydroxylation is 1. The first-order chi connectivity index (χ1) is 6.27. The van der Waals surface area contributed by atoms with E-state index >= 15 is 0 Å². The molecule has 0 spiro atoms. The fourth-order valence-corrected chi connectivity index (χ4v) is 1.09. The summed E-state index contributed by atoms with van der Waals surface area (Å²) in [6.45, 7) is 5.99. The van der Waals surface area contributed by atoms with Crippen LogP contribution >= 0.6 is 0 Å². The second-order valence-electron chi connectivity index (χ2n) is 2.61. The molecule has 0 bridgehead atoms. The van der Waals surface area contributed by atoms with Crippen LogP contribution in [-0.4, -0.2) is 9.61 Å². The zero-order chi connectivity index (χ0) is 9.84. The van der Waals surface area contributed by atoms with Crippen LogP contribution < -0.4 is 5.73 Å². The summed E-state index contributed by atoms with van der Waals surface area (Å²) >= 11 is 0.